The van der Waals surface area contributed by atoms with Gasteiger partial charge in [0, 0.05) is 11.5 Å². The number of thioether (sulfide) groups is 1. The molecule has 0 bridgehead atoms. The molecule has 112 valence electrons. The largest absolute Gasteiger partial charge is 0.490 e. The lowest BCUT2D eigenvalue weighted by atomic mass is 10.2. The van der Waals surface area contributed by atoms with Crippen LogP contribution in [0.15, 0.2) is 23.1 Å². The van der Waals surface area contributed by atoms with Crippen LogP contribution in [0.2, 0.25) is 0 Å². The van der Waals surface area contributed by atoms with E-state index in [0.717, 1.165) is 41.4 Å². The van der Waals surface area contributed by atoms with Gasteiger partial charge in [0.25, 0.3) is 0 Å². The molecule has 1 rings (SSSR count). The van der Waals surface area contributed by atoms with Crippen molar-refractivity contribution in [3.63, 3.8) is 0 Å². The minimum absolute atomic E-state index is 0.378. The van der Waals surface area contributed by atoms with E-state index in [-0.39, 0.29) is 0 Å². The molecule has 20 heavy (non-hydrogen) atoms. The first-order valence-corrected chi connectivity index (χ1v) is 8.36. The molecule has 1 aromatic carbocycles. The number of unbranched alkanes of at least 4 members (excludes halogenated alkanes) is 1. The van der Waals surface area contributed by atoms with E-state index < -0.39 is 0 Å². The van der Waals surface area contributed by atoms with Gasteiger partial charge >= 0.3 is 0 Å². The maximum atomic E-state index is 5.82. The smallest absolute Gasteiger partial charge is 0.130 e. The lowest BCUT2D eigenvalue weighted by molar-refractivity contribution is 0.0979. The van der Waals surface area contributed by atoms with Gasteiger partial charge in [-0.1, -0.05) is 38.6 Å². The molecule has 0 saturated carbocycles. The minimum Gasteiger partial charge on any atom is -0.490 e. The fourth-order valence-corrected chi connectivity index (χ4v) is 2.82. The molecule has 0 amide bonds. The van der Waals surface area contributed by atoms with E-state index in [0.29, 0.717) is 18.2 Å². The van der Waals surface area contributed by atoms with Crippen molar-refractivity contribution in [1.29, 1.82) is 0 Å². The summed E-state index contributed by atoms with van der Waals surface area (Å²) >= 11 is 6.86. The Morgan fingerprint density at radius 1 is 1.25 bits per heavy atom. The molecule has 5 heteroatoms. The van der Waals surface area contributed by atoms with Crippen molar-refractivity contribution in [1.82, 2.24) is 0 Å². The molecule has 3 nitrogen and oxygen atoms in total. The van der Waals surface area contributed by atoms with Gasteiger partial charge < -0.3 is 15.2 Å². The van der Waals surface area contributed by atoms with Crippen LogP contribution >= 0.6 is 24.0 Å². The number of nitrogens with two attached hydrogens (primary N) is 1. The summed E-state index contributed by atoms with van der Waals surface area (Å²) in [6.07, 6.45) is 2.23. The van der Waals surface area contributed by atoms with Crippen LogP contribution in [0.1, 0.15) is 32.3 Å². The SMILES string of the molecule is CCCCOCCOc1cccc(SCC)c1C(N)=S. The average Bonchev–Trinajstić information content (AvgIpc) is 2.43. The molecule has 0 unspecified atom stereocenters. The predicted molar refractivity (Wildman–Crippen MR) is 89.9 cm³/mol. The maximum absolute atomic E-state index is 5.82. The molecule has 0 aliphatic carbocycles. The highest BCUT2D eigenvalue weighted by Gasteiger charge is 2.12. The van der Waals surface area contributed by atoms with Crippen LogP contribution in [0.5, 0.6) is 5.75 Å². The second-order valence-electron chi connectivity index (χ2n) is 4.24. The quantitative estimate of drug-likeness (QED) is 0.406. The fourth-order valence-electron chi connectivity index (χ4n) is 1.71. The van der Waals surface area contributed by atoms with E-state index in [1.165, 1.54) is 0 Å². The molecule has 0 fully saturated rings. The van der Waals surface area contributed by atoms with Crippen LogP contribution in [0.3, 0.4) is 0 Å². The Morgan fingerprint density at radius 3 is 2.70 bits per heavy atom. The Balaban J connectivity index is 2.60. The molecule has 0 atom stereocenters. The average molecular weight is 313 g/mol. The minimum atomic E-state index is 0.378. The summed E-state index contributed by atoms with van der Waals surface area (Å²) in [6, 6.07) is 5.89. The van der Waals surface area contributed by atoms with Crippen molar-refractivity contribution in [2.24, 2.45) is 5.73 Å². The molecular weight excluding hydrogens is 290 g/mol. The molecule has 2 N–H and O–H groups in total. The molecule has 0 aromatic heterocycles. The van der Waals surface area contributed by atoms with E-state index >= 15 is 0 Å². The lowest BCUT2D eigenvalue weighted by Crippen LogP contribution is -2.15. The topological polar surface area (TPSA) is 44.5 Å². The van der Waals surface area contributed by atoms with E-state index in [1.54, 1.807) is 11.8 Å². The van der Waals surface area contributed by atoms with Crippen molar-refractivity contribution in [3.05, 3.63) is 23.8 Å². The monoisotopic (exact) mass is 313 g/mol. The van der Waals surface area contributed by atoms with Crippen molar-refractivity contribution < 1.29 is 9.47 Å². The summed E-state index contributed by atoms with van der Waals surface area (Å²) < 4.78 is 11.2. The van der Waals surface area contributed by atoms with Gasteiger partial charge in [0.15, 0.2) is 0 Å². The number of thiocarbonyl (C=S) groups is 1. The van der Waals surface area contributed by atoms with Crippen LogP contribution < -0.4 is 10.5 Å². The first kappa shape index (κ1) is 17.3. The molecular formula is C15H23NO2S2. The zero-order valence-electron chi connectivity index (χ0n) is 12.2. The highest BCUT2D eigenvalue weighted by molar-refractivity contribution is 7.99. The Morgan fingerprint density at radius 2 is 2.05 bits per heavy atom. The first-order chi connectivity index (χ1) is 9.70. The molecule has 0 aliphatic rings. The molecule has 0 heterocycles. The summed E-state index contributed by atoms with van der Waals surface area (Å²) in [6.45, 7) is 6.13. The van der Waals surface area contributed by atoms with Gasteiger partial charge in [-0.3, -0.25) is 0 Å². The van der Waals surface area contributed by atoms with Gasteiger partial charge in [-0.05, 0) is 24.3 Å². The number of ether oxygens (including phenoxy) is 2. The normalized spacial score (nSPS) is 10.5. The molecule has 1 aromatic rings. The molecule has 0 aliphatic heterocycles. The van der Waals surface area contributed by atoms with Crippen LogP contribution in [-0.2, 0) is 4.74 Å². The number of benzene rings is 1. The fraction of sp³-hybridized carbons (Fsp3) is 0.533. The van der Waals surface area contributed by atoms with Crippen molar-refractivity contribution in [3.8, 4) is 5.75 Å². The van der Waals surface area contributed by atoms with Crippen LogP contribution in [0.25, 0.3) is 0 Å². The Bertz CT molecular complexity index is 424. The van der Waals surface area contributed by atoms with Gasteiger partial charge in [0.1, 0.15) is 17.3 Å². The molecule has 0 radical (unpaired) electrons. The highest BCUT2D eigenvalue weighted by Crippen LogP contribution is 2.30. The van der Waals surface area contributed by atoms with Crippen molar-refractivity contribution >= 4 is 29.0 Å². The van der Waals surface area contributed by atoms with Gasteiger partial charge in [-0.25, -0.2) is 0 Å². The number of hydrogen-bond donors (Lipinski definition) is 1. The van der Waals surface area contributed by atoms with Crippen LogP contribution in [0, 0.1) is 0 Å². The summed E-state index contributed by atoms with van der Waals surface area (Å²) in [4.78, 5) is 1.45. The summed E-state index contributed by atoms with van der Waals surface area (Å²) in [5, 5.41) is 0. The summed E-state index contributed by atoms with van der Waals surface area (Å²) in [7, 11) is 0. The maximum Gasteiger partial charge on any atom is 0.130 e. The molecule has 0 saturated heterocycles. The van der Waals surface area contributed by atoms with E-state index in [2.05, 4.69) is 13.8 Å². The zero-order valence-corrected chi connectivity index (χ0v) is 13.8. The summed E-state index contributed by atoms with van der Waals surface area (Å²) in [5.41, 5.74) is 6.66. The Labute approximate surface area is 131 Å². The first-order valence-electron chi connectivity index (χ1n) is 6.96. The zero-order chi connectivity index (χ0) is 14.8. The van der Waals surface area contributed by atoms with Gasteiger partial charge in [0.2, 0.25) is 0 Å². The third-order valence-corrected chi connectivity index (χ3v) is 3.81. The number of rotatable bonds is 10. The van der Waals surface area contributed by atoms with Gasteiger partial charge in [-0.2, -0.15) is 0 Å². The van der Waals surface area contributed by atoms with E-state index in [9.17, 15) is 0 Å². The lowest BCUT2D eigenvalue weighted by Gasteiger charge is -2.14. The Kier molecular flexibility index (Phi) is 8.65. The predicted octanol–water partition coefficient (Wildman–Crippen LogP) is 3.63. The second-order valence-corrected chi connectivity index (χ2v) is 5.99. The van der Waals surface area contributed by atoms with Crippen molar-refractivity contribution in [2.45, 2.75) is 31.6 Å². The van der Waals surface area contributed by atoms with Crippen LogP contribution in [-0.4, -0.2) is 30.6 Å². The van der Waals surface area contributed by atoms with Gasteiger partial charge in [0.05, 0.1) is 12.2 Å². The third-order valence-electron chi connectivity index (χ3n) is 2.66. The number of hydrogen-bond acceptors (Lipinski definition) is 4. The molecule has 0 spiro atoms. The highest BCUT2D eigenvalue weighted by atomic mass is 32.2. The standard InChI is InChI=1S/C15H23NO2S2/c1-3-5-9-17-10-11-18-12-7-6-8-13(20-4-2)14(12)15(16)19/h6-8H,3-5,9-11H2,1-2H3,(H2,16,19). The third kappa shape index (κ3) is 5.69. The summed E-state index contributed by atoms with van der Waals surface area (Å²) in [5.74, 6) is 1.72. The second kappa shape index (κ2) is 10.0. The van der Waals surface area contributed by atoms with Crippen LogP contribution in [0.4, 0.5) is 0 Å². The van der Waals surface area contributed by atoms with E-state index in [1.807, 2.05) is 18.2 Å². The van der Waals surface area contributed by atoms with Gasteiger partial charge in [-0.15, -0.1) is 11.8 Å². The Hall–Kier alpha value is -0.780. The van der Waals surface area contributed by atoms with Crippen molar-refractivity contribution in [2.75, 3.05) is 25.6 Å². The van der Waals surface area contributed by atoms with E-state index in [4.69, 9.17) is 27.4 Å².